The third-order valence-corrected chi connectivity index (χ3v) is 0.874. The van der Waals surface area contributed by atoms with Gasteiger partial charge in [0.2, 0.25) is 0 Å². The number of rotatable bonds is 0. The molecule has 0 saturated carbocycles. The molecule has 1 aliphatic rings. The molecule has 0 atom stereocenters. The summed E-state index contributed by atoms with van der Waals surface area (Å²) < 4.78 is 36.1. The average Bonchev–Trinajstić information content (AvgIpc) is 2.04. The molecule has 0 aromatic rings. The lowest BCUT2D eigenvalue weighted by Crippen LogP contribution is -2.22. The second kappa shape index (κ2) is 5.10. The lowest BCUT2D eigenvalue weighted by Gasteiger charge is -2.03. The summed E-state index contributed by atoms with van der Waals surface area (Å²) in [6, 6.07) is 0. The maximum absolute atomic E-state index is 10.6. The number of cyclic esters (lactones) is 1. The van der Waals surface area contributed by atoms with Crippen molar-refractivity contribution in [2.75, 3.05) is 6.54 Å². The first-order valence-corrected chi connectivity index (χ1v) is 3.22. The first-order valence-electron chi connectivity index (χ1n) is 3.22. The van der Waals surface area contributed by atoms with Gasteiger partial charge in [-0.1, -0.05) is 0 Å². The quantitative estimate of drug-likeness (QED) is 0.563. The first kappa shape index (κ1) is 12.3. The fraction of sp³-hybridized carbons (Fsp3) is 0.333. The van der Waals surface area contributed by atoms with E-state index in [9.17, 15) is 18.0 Å². The van der Waals surface area contributed by atoms with Crippen molar-refractivity contribution in [2.45, 2.75) is 6.18 Å². The monoisotopic (exact) mass is 213 g/mol. The third kappa shape index (κ3) is 5.86. The number of halogens is 3. The van der Waals surface area contributed by atoms with Crippen molar-refractivity contribution in [1.82, 2.24) is 5.32 Å². The smallest absolute Gasteiger partial charge is 0.475 e. The van der Waals surface area contributed by atoms with Gasteiger partial charge in [0, 0.05) is 6.20 Å². The Bertz CT molecular complexity index is 248. The molecule has 0 unspecified atom stereocenters. The van der Waals surface area contributed by atoms with E-state index >= 15 is 0 Å². The number of alkyl halides is 3. The lowest BCUT2D eigenvalue weighted by molar-refractivity contribution is -0.192. The van der Waals surface area contributed by atoms with Gasteiger partial charge in [-0.3, -0.25) is 0 Å². The predicted octanol–water partition coefficient (Wildman–Crippen LogP) is 0.237. The van der Waals surface area contributed by atoms with E-state index in [2.05, 4.69) is 10.1 Å². The van der Waals surface area contributed by atoms with Gasteiger partial charge in [-0.25, -0.2) is 9.59 Å². The molecule has 1 rings (SSSR count). The number of nitrogens with one attached hydrogen (secondary N) is 1. The fourth-order valence-corrected chi connectivity index (χ4v) is 0.342. The Hall–Kier alpha value is -1.73. The number of carboxylic acids is 1. The molecule has 0 bridgehead atoms. The molecule has 0 aromatic carbocycles. The highest BCUT2D eigenvalue weighted by atomic mass is 19.4. The molecule has 80 valence electrons. The molecule has 0 aliphatic carbocycles. The van der Waals surface area contributed by atoms with Gasteiger partial charge in [0.15, 0.2) is 0 Å². The minimum atomic E-state index is -5.08. The van der Waals surface area contributed by atoms with Gasteiger partial charge in [0.05, 0.1) is 0 Å². The molecule has 1 aliphatic heterocycles. The Morgan fingerprint density at radius 2 is 2.07 bits per heavy atom. The summed E-state index contributed by atoms with van der Waals surface area (Å²) in [5.41, 5.74) is 0. The Morgan fingerprint density at radius 1 is 1.57 bits per heavy atom. The summed E-state index contributed by atoms with van der Waals surface area (Å²) in [7, 11) is 0. The number of ether oxygens (including phenoxy) is 1. The molecule has 0 amide bonds. The second-order valence-corrected chi connectivity index (χ2v) is 1.98. The highest BCUT2D eigenvalue weighted by Gasteiger charge is 2.38. The van der Waals surface area contributed by atoms with Crippen LogP contribution in [0.2, 0.25) is 0 Å². The van der Waals surface area contributed by atoms with Crippen LogP contribution in [-0.2, 0) is 14.3 Å². The molecule has 0 fully saturated rings. The van der Waals surface area contributed by atoms with Crippen molar-refractivity contribution in [1.29, 1.82) is 0 Å². The van der Waals surface area contributed by atoms with E-state index in [0.29, 0.717) is 0 Å². The number of aliphatic carboxylic acids is 1. The molecule has 1 heterocycles. The number of esters is 1. The average molecular weight is 213 g/mol. The van der Waals surface area contributed by atoms with Crippen LogP contribution in [0.4, 0.5) is 13.2 Å². The molecular weight excluding hydrogens is 207 g/mol. The van der Waals surface area contributed by atoms with Crippen molar-refractivity contribution in [3.63, 3.8) is 0 Å². The van der Waals surface area contributed by atoms with Crippen LogP contribution < -0.4 is 5.32 Å². The SMILES string of the molecule is O=C(O)C(F)(F)F.O=C1CNC=CO1. The van der Waals surface area contributed by atoms with Crippen LogP contribution in [0.5, 0.6) is 0 Å². The standard InChI is InChI=1S/C4H5NO2.C2HF3O2/c6-4-3-5-1-2-7-4;3-2(4,5)1(6)7/h1-2,5H,3H2;(H,6,7). The van der Waals surface area contributed by atoms with Gasteiger partial charge in [-0.05, 0) is 0 Å². The molecule has 0 aromatic heterocycles. The first-order chi connectivity index (χ1) is 6.34. The normalized spacial score (nSPS) is 14.6. The Balaban J connectivity index is 0.000000241. The number of carbonyl (C=O) groups is 2. The molecule has 2 N–H and O–H groups in total. The van der Waals surface area contributed by atoms with Crippen LogP contribution in [0, 0.1) is 0 Å². The van der Waals surface area contributed by atoms with Gasteiger partial charge in [0.1, 0.15) is 12.8 Å². The zero-order valence-electron chi connectivity index (χ0n) is 6.67. The lowest BCUT2D eigenvalue weighted by atomic mass is 10.6. The van der Waals surface area contributed by atoms with Gasteiger partial charge in [-0.15, -0.1) is 0 Å². The number of carboxylic acid groups (broad SMARTS) is 1. The van der Waals surface area contributed by atoms with E-state index in [0.717, 1.165) is 0 Å². The Labute approximate surface area is 76.2 Å². The number of hydrogen-bond acceptors (Lipinski definition) is 4. The highest BCUT2D eigenvalue weighted by molar-refractivity contribution is 5.73. The highest BCUT2D eigenvalue weighted by Crippen LogP contribution is 2.13. The van der Waals surface area contributed by atoms with Crippen molar-refractivity contribution < 1.29 is 32.6 Å². The van der Waals surface area contributed by atoms with Crippen LogP contribution in [0.25, 0.3) is 0 Å². The molecule has 0 radical (unpaired) electrons. The predicted molar refractivity (Wildman–Crippen MR) is 36.9 cm³/mol. The van der Waals surface area contributed by atoms with Crippen LogP contribution in [0.1, 0.15) is 0 Å². The van der Waals surface area contributed by atoms with E-state index in [1.807, 2.05) is 0 Å². The van der Waals surface area contributed by atoms with Crippen molar-refractivity contribution in [3.05, 3.63) is 12.5 Å². The van der Waals surface area contributed by atoms with E-state index in [1.54, 1.807) is 6.20 Å². The molecule has 8 heteroatoms. The minimum absolute atomic E-state index is 0.234. The molecule has 14 heavy (non-hydrogen) atoms. The zero-order chi connectivity index (χ0) is 11.2. The van der Waals surface area contributed by atoms with Crippen molar-refractivity contribution in [2.24, 2.45) is 0 Å². The van der Waals surface area contributed by atoms with Crippen LogP contribution >= 0.6 is 0 Å². The zero-order valence-corrected chi connectivity index (χ0v) is 6.67. The maximum Gasteiger partial charge on any atom is 0.490 e. The van der Waals surface area contributed by atoms with Gasteiger partial charge >= 0.3 is 18.1 Å². The fourth-order valence-electron chi connectivity index (χ4n) is 0.342. The number of carbonyl (C=O) groups excluding carboxylic acids is 1. The van der Waals surface area contributed by atoms with E-state index < -0.39 is 12.1 Å². The van der Waals surface area contributed by atoms with Crippen LogP contribution in [0.3, 0.4) is 0 Å². The third-order valence-electron chi connectivity index (χ3n) is 0.874. The Morgan fingerprint density at radius 3 is 2.21 bits per heavy atom. The summed E-state index contributed by atoms with van der Waals surface area (Å²) in [5, 5.41) is 9.80. The largest absolute Gasteiger partial charge is 0.490 e. The summed E-state index contributed by atoms with van der Waals surface area (Å²) in [6.45, 7) is 0.288. The summed E-state index contributed by atoms with van der Waals surface area (Å²) >= 11 is 0. The van der Waals surface area contributed by atoms with E-state index in [4.69, 9.17) is 9.90 Å². The van der Waals surface area contributed by atoms with Crippen LogP contribution in [-0.4, -0.2) is 29.8 Å². The molecule has 0 spiro atoms. The van der Waals surface area contributed by atoms with Gasteiger partial charge < -0.3 is 15.2 Å². The molecule has 5 nitrogen and oxygen atoms in total. The minimum Gasteiger partial charge on any atom is -0.475 e. The molecular formula is C6H6F3NO4. The second-order valence-electron chi connectivity index (χ2n) is 1.98. The topological polar surface area (TPSA) is 75.6 Å². The van der Waals surface area contributed by atoms with Gasteiger partial charge in [-0.2, -0.15) is 13.2 Å². The summed E-state index contributed by atoms with van der Waals surface area (Å²) in [4.78, 5) is 19.0. The maximum atomic E-state index is 10.6. The summed E-state index contributed by atoms with van der Waals surface area (Å²) in [5.74, 6) is -2.99. The van der Waals surface area contributed by atoms with Crippen molar-refractivity contribution >= 4 is 11.9 Å². The Kier molecular flexibility index (Phi) is 4.47. The van der Waals surface area contributed by atoms with Gasteiger partial charge in [0.25, 0.3) is 0 Å². The van der Waals surface area contributed by atoms with E-state index in [1.165, 1.54) is 6.26 Å². The molecule has 0 saturated heterocycles. The van der Waals surface area contributed by atoms with Crippen molar-refractivity contribution in [3.8, 4) is 0 Å². The summed E-state index contributed by atoms with van der Waals surface area (Å²) in [6.07, 6.45) is -2.17. The van der Waals surface area contributed by atoms with Crippen LogP contribution in [0.15, 0.2) is 12.5 Å². The van der Waals surface area contributed by atoms with E-state index in [-0.39, 0.29) is 12.5 Å². The number of hydrogen-bond donors (Lipinski definition) is 2.